The van der Waals surface area contributed by atoms with Crippen molar-refractivity contribution in [3.63, 3.8) is 0 Å². The van der Waals surface area contributed by atoms with Gasteiger partial charge in [0.25, 0.3) is 5.91 Å². The number of carbonyl (C=O) groups is 1. The number of imidazole rings is 1. The second kappa shape index (κ2) is 9.48. The first-order valence-electron chi connectivity index (χ1n) is 11.9. The number of para-hydroxylation sites is 1. The molecule has 1 aliphatic rings. The third-order valence-electron chi connectivity index (χ3n) is 5.92. The third-order valence-corrected chi connectivity index (χ3v) is 6.89. The summed E-state index contributed by atoms with van der Waals surface area (Å²) in [6.45, 7) is 5.71. The normalized spacial score (nSPS) is 13.7. The SMILES string of the molecule is Cc1cc(-c2cnc3c(NCC(C)(C)O)cc(Sc4ccccc4O)nn23)ccc1C(=O)NC1CC1. The van der Waals surface area contributed by atoms with Crippen molar-refractivity contribution in [1.82, 2.24) is 19.9 Å². The lowest BCUT2D eigenvalue weighted by atomic mass is 10.0. The van der Waals surface area contributed by atoms with E-state index in [0.717, 1.165) is 29.7 Å². The van der Waals surface area contributed by atoms with Gasteiger partial charge in [-0.1, -0.05) is 30.0 Å². The van der Waals surface area contributed by atoms with E-state index >= 15 is 0 Å². The molecule has 0 unspecified atom stereocenters. The average molecular weight is 504 g/mol. The fraction of sp³-hybridized carbons (Fsp3) is 0.296. The van der Waals surface area contributed by atoms with Gasteiger partial charge in [-0.15, -0.1) is 0 Å². The van der Waals surface area contributed by atoms with Crippen LogP contribution in [0.2, 0.25) is 0 Å². The summed E-state index contributed by atoms with van der Waals surface area (Å²) in [5, 5.41) is 32.3. The van der Waals surface area contributed by atoms with Gasteiger partial charge in [-0.05, 0) is 69.5 Å². The number of amides is 1. The van der Waals surface area contributed by atoms with Crippen LogP contribution in [0.5, 0.6) is 5.75 Å². The van der Waals surface area contributed by atoms with Crippen molar-refractivity contribution >= 4 is 29.0 Å². The summed E-state index contributed by atoms with van der Waals surface area (Å²) >= 11 is 1.34. The van der Waals surface area contributed by atoms with E-state index in [-0.39, 0.29) is 11.7 Å². The summed E-state index contributed by atoms with van der Waals surface area (Å²) in [4.78, 5) is 17.9. The molecule has 0 saturated heterocycles. The average Bonchev–Trinajstić information content (AvgIpc) is 3.53. The number of carbonyl (C=O) groups excluding carboxylic acids is 1. The van der Waals surface area contributed by atoms with Crippen LogP contribution in [0, 0.1) is 6.92 Å². The van der Waals surface area contributed by atoms with Gasteiger partial charge in [0.1, 0.15) is 10.8 Å². The number of nitrogens with zero attached hydrogens (tertiary/aromatic N) is 3. The molecule has 4 N–H and O–H groups in total. The molecule has 0 radical (unpaired) electrons. The molecule has 1 aliphatic carbocycles. The van der Waals surface area contributed by atoms with Crippen LogP contribution in [-0.2, 0) is 0 Å². The van der Waals surface area contributed by atoms with Crippen LogP contribution >= 0.6 is 11.8 Å². The number of fused-ring (bicyclic) bond motifs is 1. The number of hydrogen-bond acceptors (Lipinski definition) is 7. The summed E-state index contributed by atoms with van der Waals surface area (Å²) in [7, 11) is 0. The van der Waals surface area contributed by atoms with Gasteiger partial charge in [-0.2, -0.15) is 5.10 Å². The lowest BCUT2D eigenvalue weighted by Gasteiger charge is -2.19. The summed E-state index contributed by atoms with van der Waals surface area (Å²) < 4.78 is 1.76. The number of nitrogens with one attached hydrogen (secondary N) is 2. The van der Waals surface area contributed by atoms with Crippen molar-refractivity contribution in [3.05, 3.63) is 65.9 Å². The highest BCUT2D eigenvalue weighted by atomic mass is 32.2. The predicted octanol–water partition coefficient (Wildman–Crippen LogP) is 4.64. The monoisotopic (exact) mass is 503 g/mol. The molecule has 0 spiro atoms. The fourth-order valence-electron chi connectivity index (χ4n) is 3.86. The van der Waals surface area contributed by atoms with E-state index in [9.17, 15) is 15.0 Å². The molecule has 0 bridgehead atoms. The molecule has 2 heterocycles. The largest absolute Gasteiger partial charge is 0.507 e. The van der Waals surface area contributed by atoms with E-state index in [1.807, 2.05) is 43.3 Å². The summed E-state index contributed by atoms with van der Waals surface area (Å²) in [6.07, 6.45) is 3.84. The van der Waals surface area contributed by atoms with Crippen molar-refractivity contribution in [2.24, 2.45) is 0 Å². The molecule has 0 aliphatic heterocycles. The Kier molecular flexibility index (Phi) is 6.36. The van der Waals surface area contributed by atoms with E-state index in [0.29, 0.717) is 39.4 Å². The number of hydrogen-bond donors (Lipinski definition) is 4. The number of aliphatic hydroxyl groups is 1. The molecule has 4 aromatic rings. The van der Waals surface area contributed by atoms with Crippen LogP contribution in [0.4, 0.5) is 5.69 Å². The van der Waals surface area contributed by atoms with Crippen molar-refractivity contribution in [2.45, 2.75) is 55.2 Å². The Bertz CT molecular complexity index is 1440. The van der Waals surface area contributed by atoms with Crippen LogP contribution in [0.1, 0.15) is 42.6 Å². The highest BCUT2D eigenvalue weighted by Crippen LogP contribution is 2.35. The van der Waals surface area contributed by atoms with Gasteiger partial charge in [0, 0.05) is 23.7 Å². The summed E-state index contributed by atoms with van der Waals surface area (Å²) in [6, 6.07) is 15.0. The Morgan fingerprint density at radius 3 is 2.67 bits per heavy atom. The van der Waals surface area contributed by atoms with Crippen LogP contribution in [0.15, 0.2) is 64.6 Å². The molecule has 36 heavy (non-hydrogen) atoms. The predicted molar refractivity (Wildman–Crippen MR) is 141 cm³/mol. The minimum atomic E-state index is -0.922. The second-order valence-corrected chi connectivity index (χ2v) is 10.9. The van der Waals surface area contributed by atoms with Gasteiger partial charge in [-0.25, -0.2) is 9.50 Å². The molecule has 8 nitrogen and oxygen atoms in total. The van der Waals surface area contributed by atoms with Gasteiger partial charge >= 0.3 is 0 Å². The quantitative estimate of drug-likeness (QED) is 0.277. The Balaban J connectivity index is 1.54. The standard InChI is InChI=1S/C27H29N5O3S/c1-16-12-17(8-11-19(16)26(34)30-18-9-10-18)21-14-28-25-20(29-15-27(2,3)35)13-24(31-32(21)25)36-23-7-5-4-6-22(23)33/h4-8,11-14,18,29,33,35H,9-10,15H2,1-3H3,(H,30,34). The smallest absolute Gasteiger partial charge is 0.251 e. The number of anilines is 1. The summed E-state index contributed by atoms with van der Waals surface area (Å²) in [5.74, 6) is 0.134. The first kappa shape index (κ1) is 24.1. The van der Waals surface area contributed by atoms with Gasteiger partial charge in [-0.3, -0.25) is 4.79 Å². The Morgan fingerprint density at radius 2 is 1.97 bits per heavy atom. The zero-order valence-corrected chi connectivity index (χ0v) is 21.3. The number of benzene rings is 2. The number of aromatic nitrogens is 3. The first-order valence-corrected chi connectivity index (χ1v) is 12.7. The number of phenols is 1. The van der Waals surface area contributed by atoms with Gasteiger partial charge in [0.2, 0.25) is 0 Å². The van der Waals surface area contributed by atoms with Crippen LogP contribution in [0.25, 0.3) is 16.9 Å². The molecule has 2 aromatic heterocycles. The van der Waals surface area contributed by atoms with Crippen LogP contribution < -0.4 is 10.6 Å². The summed E-state index contributed by atoms with van der Waals surface area (Å²) in [5.41, 5.74) is 3.60. The third kappa shape index (κ3) is 5.32. The van der Waals surface area contributed by atoms with E-state index < -0.39 is 5.60 Å². The molecule has 2 aromatic carbocycles. The lowest BCUT2D eigenvalue weighted by Crippen LogP contribution is -2.29. The van der Waals surface area contributed by atoms with Crippen LogP contribution in [0.3, 0.4) is 0 Å². The topological polar surface area (TPSA) is 112 Å². The molecule has 1 saturated carbocycles. The molecule has 0 atom stereocenters. The fourth-order valence-corrected chi connectivity index (χ4v) is 4.70. The highest BCUT2D eigenvalue weighted by Gasteiger charge is 2.25. The zero-order valence-electron chi connectivity index (χ0n) is 20.4. The molecular weight excluding hydrogens is 474 g/mol. The van der Waals surface area contributed by atoms with E-state index in [4.69, 9.17) is 5.10 Å². The van der Waals surface area contributed by atoms with Crippen LogP contribution in [-0.4, -0.2) is 48.9 Å². The lowest BCUT2D eigenvalue weighted by molar-refractivity contribution is 0.0940. The number of phenolic OH excluding ortho intramolecular Hbond substituents is 1. The van der Waals surface area contributed by atoms with Crippen molar-refractivity contribution in [2.75, 3.05) is 11.9 Å². The minimum absolute atomic E-state index is 0.0442. The molecule has 1 amide bonds. The maximum atomic E-state index is 12.6. The van der Waals surface area contributed by atoms with E-state index in [2.05, 4.69) is 15.6 Å². The zero-order chi connectivity index (χ0) is 25.4. The Labute approximate surface area is 213 Å². The molecule has 1 fully saturated rings. The molecule has 5 rings (SSSR count). The maximum Gasteiger partial charge on any atom is 0.251 e. The van der Waals surface area contributed by atoms with E-state index in [1.165, 1.54) is 11.8 Å². The van der Waals surface area contributed by atoms with Crippen molar-refractivity contribution < 1.29 is 15.0 Å². The number of aromatic hydroxyl groups is 1. The van der Waals surface area contributed by atoms with Gasteiger partial charge < -0.3 is 20.8 Å². The Morgan fingerprint density at radius 1 is 1.19 bits per heavy atom. The van der Waals surface area contributed by atoms with E-state index in [1.54, 1.807) is 36.7 Å². The number of rotatable bonds is 8. The molecule has 186 valence electrons. The highest BCUT2D eigenvalue weighted by molar-refractivity contribution is 7.99. The van der Waals surface area contributed by atoms with Crippen molar-refractivity contribution in [3.8, 4) is 17.0 Å². The Hall–Kier alpha value is -3.56. The van der Waals surface area contributed by atoms with Gasteiger partial charge in [0.15, 0.2) is 5.65 Å². The second-order valence-electron chi connectivity index (χ2n) is 9.79. The molecular formula is C27H29N5O3S. The minimum Gasteiger partial charge on any atom is -0.507 e. The first-order chi connectivity index (χ1) is 17.2. The maximum absolute atomic E-state index is 12.6. The molecule has 9 heteroatoms. The number of aryl methyl sites for hydroxylation is 1. The van der Waals surface area contributed by atoms with Gasteiger partial charge in [0.05, 0.1) is 28.1 Å². The van der Waals surface area contributed by atoms with Crippen molar-refractivity contribution in [1.29, 1.82) is 0 Å².